The molecule has 3 heterocycles. The lowest BCUT2D eigenvalue weighted by atomic mass is 9.95. The summed E-state index contributed by atoms with van der Waals surface area (Å²) >= 11 is 0. The molecule has 0 saturated carbocycles. The van der Waals surface area contributed by atoms with E-state index < -0.39 is 39.3 Å². The third-order valence-electron chi connectivity index (χ3n) is 8.72. The monoisotopic (exact) mass is 679 g/mol. The summed E-state index contributed by atoms with van der Waals surface area (Å²) < 4.78 is 42.1. The molecule has 1 saturated heterocycles. The second kappa shape index (κ2) is 13.0. The van der Waals surface area contributed by atoms with Crippen LogP contribution in [-0.4, -0.2) is 76.6 Å². The third kappa shape index (κ3) is 7.59. The van der Waals surface area contributed by atoms with E-state index in [0.29, 0.717) is 18.5 Å². The summed E-state index contributed by atoms with van der Waals surface area (Å²) in [5.74, 6) is -0.125. The van der Waals surface area contributed by atoms with Crippen LogP contribution in [0.5, 0.6) is 5.88 Å². The van der Waals surface area contributed by atoms with E-state index in [4.69, 9.17) is 9.47 Å². The highest BCUT2D eigenvalue weighted by atomic mass is 32.2. The number of amides is 2. The van der Waals surface area contributed by atoms with Gasteiger partial charge in [0, 0.05) is 30.7 Å². The number of fused-ring (bicyclic) bond motifs is 4. The van der Waals surface area contributed by atoms with Crippen LogP contribution in [0.3, 0.4) is 0 Å². The van der Waals surface area contributed by atoms with E-state index in [0.717, 1.165) is 16.7 Å². The molecule has 48 heavy (non-hydrogen) atoms. The topological polar surface area (TPSA) is 131 Å². The first-order valence-corrected chi connectivity index (χ1v) is 17.9. The number of carbonyl (C=O) groups excluding carboxylic acids is 2. The lowest BCUT2D eigenvalue weighted by Crippen LogP contribution is -2.51. The fraction of sp³-hybridized carbons (Fsp3) is 0.500. The summed E-state index contributed by atoms with van der Waals surface area (Å²) in [7, 11) is -4.20. The molecule has 1 unspecified atom stereocenters. The number of aryl methyl sites for hydroxylation is 2. The van der Waals surface area contributed by atoms with E-state index >= 15 is 0 Å². The molecule has 3 aromatic rings. The molecule has 2 aromatic carbocycles. The second-order valence-electron chi connectivity index (χ2n) is 14.9. The minimum Gasteiger partial charge on any atom is -0.475 e. The van der Waals surface area contributed by atoms with Crippen molar-refractivity contribution >= 4 is 28.0 Å². The van der Waals surface area contributed by atoms with Gasteiger partial charge in [-0.15, -0.1) is 0 Å². The Kier molecular flexibility index (Phi) is 9.53. The molecule has 2 aliphatic rings. The quantitative estimate of drug-likeness (QED) is 0.317. The molecule has 0 spiro atoms. The lowest BCUT2D eigenvalue weighted by molar-refractivity contribution is 0.0118. The number of nitrogens with zero attached hydrogens (tertiary/aromatic N) is 4. The first-order chi connectivity index (χ1) is 22.3. The van der Waals surface area contributed by atoms with Gasteiger partial charge >= 0.3 is 6.09 Å². The highest BCUT2D eigenvalue weighted by molar-refractivity contribution is 7.92. The van der Waals surface area contributed by atoms with Crippen molar-refractivity contribution in [1.29, 1.82) is 0 Å². The summed E-state index contributed by atoms with van der Waals surface area (Å²) in [6, 6.07) is 12.7. The molecular formula is C36H49N5O6S. The average molecular weight is 680 g/mol. The number of sulfonamides is 1. The molecule has 12 heteroatoms. The Morgan fingerprint density at radius 2 is 1.77 bits per heavy atom. The second-order valence-corrected chi connectivity index (χ2v) is 16.6. The van der Waals surface area contributed by atoms with Crippen molar-refractivity contribution in [3.8, 4) is 17.1 Å². The van der Waals surface area contributed by atoms with Gasteiger partial charge in [0.15, 0.2) is 0 Å². The Balaban J connectivity index is 0.00000541. The van der Waals surface area contributed by atoms with Gasteiger partial charge in [0.25, 0.3) is 15.9 Å². The standard InChI is InChI=1S/C36H47N5O6S.H2/c1-22(2)16-26-21-46-30-18-29(31-23(3)12-10-13-24(31)4)37-33(38-30)39-48(44,45)28-15-11-14-25(17-28)32(42)41(26)27-19-36(8,9)40(20-27)34(43)47-35(5,6)7;/h10-15,17-18,22,26-27H,16,19-21H2,1-9H3,(H,37,38,39);1H/t26-,27?;/m1./s1. The van der Waals surface area contributed by atoms with E-state index in [2.05, 4.69) is 28.5 Å². The van der Waals surface area contributed by atoms with Crippen molar-refractivity contribution in [3.63, 3.8) is 0 Å². The summed E-state index contributed by atoms with van der Waals surface area (Å²) in [5, 5.41) is 0. The lowest BCUT2D eigenvalue weighted by Gasteiger charge is -2.37. The molecular weight excluding hydrogens is 630 g/mol. The highest BCUT2D eigenvalue weighted by Gasteiger charge is 2.48. The number of carbonyl (C=O) groups is 2. The Labute approximate surface area is 285 Å². The van der Waals surface area contributed by atoms with Gasteiger partial charge in [0.05, 0.1) is 22.7 Å². The van der Waals surface area contributed by atoms with Crippen LogP contribution in [0.4, 0.5) is 10.7 Å². The number of nitrogens with one attached hydrogen (secondary N) is 1. The predicted molar refractivity (Wildman–Crippen MR) is 187 cm³/mol. The van der Waals surface area contributed by atoms with Crippen molar-refractivity contribution in [1.82, 2.24) is 19.8 Å². The largest absolute Gasteiger partial charge is 0.475 e. The molecule has 1 N–H and O–H groups in total. The number of aromatic nitrogens is 2. The average Bonchev–Trinajstić information content (AvgIpc) is 3.28. The van der Waals surface area contributed by atoms with E-state index in [1.165, 1.54) is 12.1 Å². The van der Waals surface area contributed by atoms with Crippen LogP contribution in [-0.2, 0) is 14.8 Å². The Bertz CT molecular complexity index is 1800. The molecule has 5 rings (SSSR count). The maximum Gasteiger partial charge on any atom is 0.410 e. The van der Waals surface area contributed by atoms with Gasteiger partial charge in [-0.2, -0.15) is 4.98 Å². The molecule has 2 aliphatic heterocycles. The van der Waals surface area contributed by atoms with Crippen LogP contribution in [0, 0.1) is 19.8 Å². The van der Waals surface area contributed by atoms with Crippen molar-refractivity contribution in [2.45, 2.75) is 103 Å². The predicted octanol–water partition coefficient (Wildman–Crippen LogP) is 6.84. The van der Waals surface area contributed by atoms with Crippen molar-refractivity contribution in [3.05, 3.63) is 65.2 Å². The molecule has 2 amide bonds. The highest BCUT2D eigenvalue weighted by Crippen LogP contribution is 2.36. The van der Waals surface area contributed by atoms with Gasteiger partial charge in [0.1, 0.15) is 12.2 Å². The summed E-state index contributed by atoms with van der Waals surface area (Å²) in [6.07, 6.45) is 0.629. The van der Waals surface area contributed by atoms with E-state index in [1.807, 2.05) is 66.7 Å². The van der Waals surface area contributed by atoms with E-state index in [1.54, 1.807) is 28.0 Å². The molecule has 1 aromatic heterocycles. The molecule has 11 nitrogen and oxygen atoms in total. The molecule has 4 bridgehead atoms. The number of benzene rings is 2. The number of rotatable bonds is 4. The molecule has 0 aliphatic carbocycles. The van der Waals surface area contributed by atoms with Gasteiger partial charge in [0.2, 0.25) is 11.8 Å². The molecule has 0 radical (unpaired) electrons. The van der Waals surface area contributed by atoms with Crippen molar-refractivity contribution in [2.75, 3.05) is 17.9 Å². The summed E-state index contributed by atoms with van der Waals surface area (Å²) in [4.78, 5) is 40.4. The van der Waals surface area contributed by atoms with Gasteiger partial charge < -0.3 is 19.3 Å². The zero-order valence-corrected chi connectivity index (χ0v) is 30.1. The molecule has 260 valence electrons. The van der Waals surface area contributed by atoms with E-state index in [-0.39, 0.29) is 48.7 Å². The number of anilines is 1. The summed E-state index contributed by atoms with van der Waals surface area (Å²) in [5.41, 5.74) is 2.20. The van der Waals surface area contributed by atoms with Crippen LogP contribution < -0.4 is 9.46 Å². The zero-order valence-electron chi connectivity index (χ0n) is 29.3. The van der Waals surface area contributed by atoms with E-state index in [9.17, 15) is 18.0 Å². The normalized spacial score (nSPS) is 20.7. The minimum absolute atomic E-state index is 0. The smallest absolute Gasteiger partial charge is 0.410 e. The van der Waals surface area contributed by atoms with Crippen LogP contribution in [0.1, 0.15) is 84.2 Å². The number of ether oxygens (including phenoxy) is 2. The Morgan fingerprint density at radius 3 is 2.42 bits per heavy atom. The molecule has 2 atom stereocenters. The minimum atomic E-state index is -4.20. The van der Waals surface area contributed by atoms with Gasteiger partial charge in [-0.05, 0) is 96.6 Å². The van der Waals surface area contributed by atoms with Crippen LogP contribution in [0.2, 0.25) is 0 Å². The van der Waals surface area contributed by atoms with Crippen LogP contribution >= 0.6 is 0 Å². The maximum absolute atomic E-state index is 14.6. The fourth-order valence-electron chi connectivity index (χ4n) is 6.67. The number of hydrogen-bond donors (Lipinski definition) is 1. The third-order valence-corrected chi connectivity index (χ3v) is 10.0. The van der Waals surface area contributed by atoms with Crippen molar-refractivity contribution < 1.29 is 28.9 Å². The fourth-order valence-corrected chi connectivity index (χ4v) is 7.66. The Hall–Kier alpha value is -4.19. The summed E-state index contributed by atoms with van der Waals surface area (Å²) in [6.45, 7) is 17.8. The van der Waals surface area contributed by atoms with Gasteiger partial charge in [-0.1, -0.05) is 38.1 Å². The van der Waals surface area contributed by atoms with Crippen molar-refractivity contribution in [2.24, 2.45) is 5.92 Å². The van der Waals surface area contributed by atoms with Crippen LogP contribution in [0.25, 0.3) is 11.3 Å². The maximum atomic E-state index is 14.6. The molecule has 1 fully saturated rings. The first-order valence-electron chi connectivity index (χ1n) is 16.4. The van der Waals surface area contributed by atoms with Gasteiger partial charge in [-0.3, -0.25) is 4.79 Å². The number of hydrogen-bond acceptors (Lipinski definition) is 8. The SMILES string of the molecule is Cc1cccc(C)c1-c1cc2nc(n1)NS(=O)(=O)c1cccc(c1)C(=O)N(C1CN(C(=O)OC(C)(C)C)C(C)(C)C1)[C@H](CC(C)C)CO2.[HH]. The Morgan fingerprint density at radius 1 is 1.10 bits per heavy atom. The van der Waals surface area contributed by atoms with Gasteiger partial charge in [-0.25, -0.2) is 22.9 Å². The first kappa shape index (κ1) is 35.1. The number of likely N-dealkylation sites (tertiary alicyclic amines) is 1. The zero-order chi connectivity index (χ0) is 35.2. The van der Waals surface area contributed by atoms with Crippen LogP contribution in [0.15, 0.2) is 53.4 Å².